The highest BCUT2D eigenvalue weighted by Gasteiger charge is 2.17. The molecule has 2 aromatic carbocycles. The Hall–Kier alpha value is -3.26. The number of aromatic nitrogens is 1. The first kappa shape index (κ1) is 23.4. The standard InChI is InChI=1S/C24H21BrF2N2O3/c1-4-9-28-23(30)16-6-5-14(2)20(11-16)29-15(3)10-21(22(25)24(29)31)32-13-17-7-8-18(26)12-19(17)27/h4-8,10-12H,1,9,13H2,2-3H3,(H,28,30). The van der Waals surface area contributed by atoms with Crippen LogP contribution in [0.25, 0.3) is 5.69 Å². The van der Waals surface area contributed by atoms with Gasteiger partial charge in [-0.2, -0.15) is 0 Å². The highest BCUT2D eigenvalue weighted by molar-refractivity contribution is 9.10. The summed E-state index contributed by atoms with van der Waals surface area (Å²) >= 11 is 3.27. The summed E-state index contributed by atoms with van der Waals surface area (Å²) < 4.78 is 34.2. The minimum absolute atomic E-state index is 0.145. The zero-order chi connectivity index (χ0) is 23.4. The van der Waals surface area contributed by atoms with Gasteiger partial charge < -0.3 is 10.1 Å². The van der Waals surface area contributed by atoms with Crippen LogP contribution in [-0.2, 0) is 6.61 Å². The first-order chi connectivity index (χ1) is 15.2. The van der Waals surface area contributed by atoms with E-state index in [1.807, 2.05) is 6.92 Å². The van der Waals surface area contributed by atoms with Gasteiger partial charge in [-0.25, -0.2) is 8.78 Å². The SMILES string of the molecule is C=CCNC(=O)c1ccc(C)c(-n2c(C)cc(OCc3ccc(F)cc3F)c(Br)c2=O)c1. The van der Waals surface area contributed by atoms with Gasteiger partial charge in [0.05, 0.1) is 5.69 Å². The number of amides is 1. The number of nitrogens with zero attached hydrogens (tertiary/aromatic N) is 1. The van der Waals surface area contributed by atoms with Gasteiger partial charge in [0.25, 0.3) is 11.5 Å². The van der Waals surface area contributed by atoms with Gasteiger partial charge in [-0.05, 0) is 59.6 Å². The lowest BCUT2D eigenvalue weighted by molar-refractivity contribution is 0.0958. The maximum absolute atomic E-state index is 13.9. The fourth-order valence-electron chi connectivity index (χ4n) is 3.14. The van der Waals surface area contributed by atoms with Crippen molar-refractivity contribution in [2.24, 2.45) is 0 Å². The third-order valence-electron chi connectivity index (χ3n) is 4.82. The summed E-state index contributed by atoms with van der Waals surface area (Å²) in [5.41, 5.74) is 2.07. The van der Waals surface area contributed by atoms with Crippen LogP contribution in [0, 0.1) is 25.5 Å². The second kappa shape index (κ2) is 9.91. The maximum Gasteiger partial charge on any atom is 0.273 e. The van der Waals surface area contributed by atoms with Gasteiger partial charge in [0.2, 0.25) is 0 Å². The molecule has 0 saturated heterocycles. The van der Waals surface area contributed by atoms with E-state index in [9.17, 15) is 18.4 Å². The van der Waals surface area contributed by atoms with E-state index in [-0.39, 0.29) is 28.3 Å². The Bertz CT molecular complexity index is 1250. The predicted octanol–water partition coefficient (Wildman–Crippen LogP) is 4.99. The van der Waals surface area contributed by atoms with E-state index >= 15 is 0 Å². The maximum atomic E-state index is 13.9. The predicted molar refractivity (Wildman–Crippen MR) is 122 cm³/mol. The van der Waals surface area contributed by atoms with Crippen LogP contribution in [0.4, 0.5) is 8.78 Å². The first-order valence-electron chi connectivity index (χ1n) is 9.72. The number of ether oxygens (including phenoxy) is 1. The highest BCUT2D eigenvalue weighted by Crippen LogP contribution is 2.26. The average molecular weight is 503 g/mol. The van der Waals surface area contributed by atoms with Crippen molar-refractivity contribution >= 4 is 21.8 Å². The smallest absolute Gasteiger partial charge is 0.273 e. The molecule has 8 heteroatoms. The van der Waals surface area contributed by atoms with E-state index in [1.54, 1.807) is 37.3 Å². The quantitative estimate of drug-likeness (QED) is 0.463. The van der Waals surface area contributed by atoms with E-state index in [0.717, 1.165) is 17.7 Å². The number of hydrogen-bond donors (Lipinski definition) is 1. The highest BCUT2D eigenvalue weighted by atomic mass is 79.9. The van der Waals surface area contributed by atoms with Crippen molar-refractivity contribution in [1.82, 2.24) is 9.88 Å². The van der Waals surface area contributed by atoms with E-state index < -0.39 is 17.2 Å². The van der Waals surface area contributed by atoms with Crippen molar-refractivity contribution in [3.05, 3.63) is 104 Å². The van der Waals surface area contributed by atoms with Crippen molar-refractivity contribution < 1.29 is 18.3 Å². The molecule has 32 heavy (non-hydrogen) atoms. The summed E-state index contributed by atoms with van der Waals surface area (Å²) in [4.78, 5) is 25.5. The van der Waals surface area contributed by atoms with Crippen molar-refractivity contribution in [3.63, 3.8) is 0 Å². The Balaban J connectivity index is 1.96. The summed E-state index contributed by atoms with van der Waals surface area (Å²) in [5, 5.41) is 2.71. The summed E-state index contributed by atoms with van der Waals surface area (Å²) in [6.07, 6.45) is 1.58. The molecule has 0 aliphatic rings. The number of pyridine rings is 1. The topological polar surface area (TPSA) is 60.3 Å². The molecule has 166 valence electrons. The number of carbonyl (C=O) groups is 1. The van der Waals surface area contributed by atoms with Crippen molar-refractivity contribution in [3.8, 4) is 11.4 Å². The second-order valence-electron chi connectivity index (χ2n) is 7.13. The van der Waals surface area contributed by atoms with Crippen molar-refractivity contribution in [2.75, 3.05) is 6.54 Å². The molecule has 0 aliphatic heterocycles. The molecule has 5 nitrogen and oxygen atoms in total. The molecule has 0 bridgehead atoms. The lowest BCUT2D eigenvalue weighted by atomic mass is 10.1. The largest absolute Gasteiger partial charge is 0.487 e. The summed E-state index contributed by atoms with van der Waals surface area (Å²) in [6.45, 7) is 7.29. The molecule has 1 heterocycles. The molecule has 0 aliphatic carbocycles. The van der Waals surface area contributed by atoms with E-state index in [1.165, 1.54) is 10.6 Å². The summed E-state index contributed by atoms with van der Waals surface area (Å²) in [6, 6.07) is 9.93. The fraction of sp³-hybridized carbons (Fsp3) is 0.167. The number of nitrogens with one attached hydrogen (secondary N) is 1. The van der Waals surface area contributed by atoms with Crippen molar-refractivity contribution in [2.45, 2.75) is 20.5 Å². The van der Waals surface area contributed by atoms with Gasteiger partial charge in [-0.1, -0.05) is 12.1 Å². The molecule has 1 N–H and O–H groups in total. The Kier molecular flexibility index (Phi) is 7.25. The van der Waals surface area contributed by atoms with Crippen LogP contribution in [0.3, 0.4) is 0 Å². The summed E-state index contributed by atoms with van der Waals surface area (Å²) in [7, 11) is 0. The normalized spacial score (nSPS) is 10.7. The Morgan fingerprint density at radius 1 is 1.19 bits per heavy atom. The third-order valence-corrected chi connectivity index (χ3v) is 5.55. The molecule has 1 aromatic heterocycles. The molecule has 0 fully saturated rings. The molecule has 0 unspecified atom stereocenters. The number of hydrogen-bond acceptors (Lipinski definition) is 3. The fourth-order valence-corrected chi connectivity index (χ4v) is 3.54. The molecule has 0 radical (unpaired) electrons. The molecular formula is C24H21BrF2N2O3. The number of carbonyl (C=O) groups excluding carboxylic acids is 1. The second-order valence-corrected chi connectivity index (χ2v) is 7.92. The van der Waals surface area contributed by atoms with Gasteiger partial charge >= 0.3 is 0 Å². The van der Waals surface area contributed by atoms with Crippen LogP contribution in [0.15, 0.2) is 64.4 Å². The van der Waals surface area contributed by atoms with Crippen molar-refractivity contribution in [1.29, 1.82) is 0 Å². The van der Waals surface area contributed by atoms with Crippen LogP contribution in [0.2, 0.25) is 0 Å². The molecular weight excluding hydrogens is 482 g/mol. The van der Waals surface area contributed by atoms with Gasteiger partial charge in [-0.3, -0.25) is 14.2 Å². The van der Waals surface area contributed by atoms with E-state index in [0.29, 0.717) is 23.5 Å². The van der Waals surface area contributed by atoms with E-state index in [4.69, 9.17) is 4.74 Å². The zero-order valence-corrected chi connectivity index (χ0v) is 19.1. The minimum atomic E-state index is -0.728. The van der Waals surface area contributed by atoms with Crippen LogP contribution in [-0.4, -0.2) is 17.0 Å². The number of benzene rings is 2. The Morgan fingerprint density at radius 2 is 1.94 bits per heavy atom. The van der Waals surface area contributed by atoms with Crippen LogP contribution >= 0.6 is 15.9 Å². The number of aryl methyl sites for hydroxylation is 2. The van der Waals surface area contributed by atoms with E-state index in [2.05, 4.69) is 27.8 Å². The Morgan fingerprint density at radius 3 is 2.62 bits per heavy atom. The Labute approximate surface area is 192 Å². The number of rotatable bonds is 7. The monoisotopic (exact) mass is 502 g/mol. The molecule has 0 spiro atoms. The molecule has 3 rings (SSSR count). The third kappa shape index (κ3) is 4.96. The van der Waals surface area contributed by atoms with Gasteiger partial charge in [-0.15, -0.1) is 6.58 Å². The molecule has 0 saturated carbocycles. The molecule has 3 aromatic rings. The van der Waals surface area contributed by atoms with Crippen LogP contribution < -0.4 is 15.6 Å². The number of halogens is 3. The molecule has 1 amide bonds. The molecule has 0 atom stereocenters. The van der Waals surface area contributed by atoms with Gasteiger partial charge in [0.15, 0.2) is 0 Å². The zero-order valence-electron chi connectivity index (χ0n) is 17.5. The van der Waals surface area contributed by atoms with Gasteiger partial charge in [0, 0.05) is 35.5 Å². The summed E-state index contributed by atoms with van der Waals surface area (Å²) in [5.74, 6) is -1.46. The van der Waals surface area contributed by atoms with Crippen LogP contribution in [0.5, 0.6) is 5.75 Å². The lowest BCUT2D eigenvalue weighted by Gasteiger charge is -2.17. The van der Waals surface area contributed by atoms with Gasteiger partial charge in [0.1, 0.15) is 28.5 Å². The lowest BCUT2D eigenvalue weighted by Crippen LogP contribution is -2.25. The van der Waals surface area contributed by atoms with Crippen LogP contribution in [0.1, 0.15) is 27.2 Å². The first-order valence-corrected chi connectivity index (χ1v) is 10.5. The minimum Gasteiger partial charge on any atom is -0.487 e. The average Bonchev–Trinajstić information content (AvgIpc) is 2.75.